The molecule has 19 heavy (non-hydrogen) atoms. The number of nitrogens with one attached hydrogen (secondary N) is 1. The maximum atomic E-state index is 12.1. The van der Waals surface area contributed by atoms with Crippen LogP contribution in [0.1, 0.15) is 36.5 Å². The topological polar surface area (TPSA) is 104 Å². The summed E-state index contributed by atoms with van der Waals surface area (Å²) in [6.07, 6.45) is 2.49. The van der Waals surface area contributed by atoms with E-state index in [4.69, 9.17) is 5.11 Å². The number of sulfonamides is 1. The van der Waals surface area contributed by atoms with E-state index >= 15 is 0 Å². The normalized spacial score (nSPS) is 17.7. The van der Waals surface area contributed by atoms with Gasteiger partial charge < -0.3 is 10.2 Å². The molecule has 0 aromatic heterocycles. The molecule has 0 amide bonds. The molecule has 0 saturated heterocycles. The Morgan fingerprint density at radius 2 is 2.00 bits per heavy atom. The van der Waals surface area contributed by atoms with Crippen LogP contribution in [0.2, 0.25) is 0 Å². The third-order valence-corrected chi connectivity index (χ3v) is 4.98. The number of rotatable bonds is 4. The van der Waals surface area contributed by atoms with Gasteiger partial charge in [-0.15, -0.1) is 0 Å². The number of carboxylic acid groups (broad SMARTS) is 1. The molecule has 1 saturated carbocycles. The van der Waals surface area contributed by atoms with E-state index in [0.717, 1.165) is 31.4 Å². The minimum Gasteiger partial charge on any atom is -0.507 e. The first-order valence-electron chi connectivity index (χ1n) is 5.84. The number of carbonyl (C=O) groups is 1. The minimum absolute atomic E-state index is 0.157. The lowest BCUT2D eigenvalue weighted by Gasteiger charge is -2.38. The molecule has 3 N–H and O–H groups in total. The van der Waals surface area contributed by atoms with Crippen LogP contribution in [0, 0.1) is 0 Å². The van der Waals surface area contributed by atoms with Gasteiger partial charge in [0.05, 0.1) is 4.90 Å². The SMILES string of the molecule is CC1(NS(=O)(=O)c2ccc(O)c(C(=O)O)c2)CCC1. The predicted octanol–water partition coefficient (Wildman–Crippen LogP) is 1.31. The summed E-state index contributed by atoms with van der Waals surface area (Å²) in [7, 11) is -3.78. The molecule has 1 aromatic rings. The lowest BCUT2D eigenvalue weighted by atomic mass is 9.80. The van der Waals surface area contributed by atoms with Crippen LogP contribution in [0.5, 0.6) is 5.75 Å². The van der Waals surface area contributed by atoms with Gasteiger partial charge in [0.15, 0.2) is 0 Å². The van der Waals surface area contributed by atoms with Gasteiger partial charge in [-0.25, -0.2) is 17.9 Å². The summed E-state index contributed by atoms with van der Waals surface area (Å²) in [4.78, 5) is 10.7. The van der Waals surface area contributed by atoms with E-state index < -0.39 is 32.8 Å². The average Bonchev–Trinajstić information content (AvgIpc) is 2.26. The van der Waals surface area contributed by atoms with Crippen molar-refractivity contribution in [1.82, 2.24) is 4.72 Å². The summed E-state index contributed by atoms with van der Waals surface area (Å²) >= 11 is 0. The molecule has 104 valence electrons. The largest absolute Gasteiger partial charge is 0.507 e. The van der Waals surface area contributed by atoms with Crippen LogP contribution < -0.4 is 4.72 Å². The Kier molecular flexibility index (Phi) is 3.27. The molecule has 2 rings (SSSR count). The number of aromatic hydroxyl groups is 1. The number of benzene rings is 1. The van der Waals surface area contributed by atoms with Crippen LogP contribution >= 0.6 is 0 Å². The molecule has 1 fully saturated rings. The Morgan fingerprint density at radius 3 is 2.47 bits per heavy atom. The number of phenols is 1. The lowest BCUT2D eigenvalue weighted by molar-refractivity contribution is 0.0693. The smallest absolute Gasteiger partial charge is 0.339 e. The fourth-order valence-corrected chi connectivity index (χ4v) is 3.54. The van der Waals surface area contributed by atoms with E-state index in [1.54, 1.807) is 0 Å². The molecule has 0 bridgehead atoms. The Morgan fingerprint density at radius 1 is 1.37 bits per heavy atom. The zero-order valence-corrected chi connectivity index (χ0v) is 11.2. The summed E-state index contributed by atoms with van der Waals surface area (Å²) in [6.45, 7) is 1.81. The van der Waals surface area contributed by atoms with Crippen LogP contribution in [0.15, 0.2) is 23.1 Å². The molecule has 7 heteroatoms. The molecule has 1 aromatic carbocycles. The van der Waals surface area contributed by atoms with Gasteiger partial charge in [0.25, 0.3) is 0 Å². The number of hydrogen-bond donors (Lipinski definition) is 3. The van der Waals surface area contributed by atoms with Gasteiger partial charge in [0.2, 0.25) is 10.0 Å². The van der Waals surface area contributed by atoms with E-state index in [9.17, 15) is 18.3 Å². The summed E-state index contributed by atoms with van der Waals surface area (Å²) in [5.74, 6) is -1.83. The molecule has 0 heterocycles. The fourth-order valence-electron chi connectivity index (χ4n) is 2.05. The zero-order chi connectivity index (χ0) is 14.3. The van der Waals surface area contributed by atoms with Crippen molar-refractivity contribution >= 4 is 16.0 Å². The number of carboxylic acids is 1. The Balaban J connectivity index is 2.35. The molecule has 0 spiro atoms. The molecule has 0 radical (unpaired) electrons. The van der Waals surface area contributed by atoms with Crippen molar-refractivity contribution in [3.63, 3.8) is 0 Å². The Hall–Kier alpha value is -1.60. The highest BCUT2D eigenvalue weighted by molar-refractivity contribution is 7.89. The molecule has 6 nitrogen and oxygen atoms in total. The maximum absolute atomic E-state index is 12.1. The minimum atomic E-state index is -3.78. The molecule has 1 aliphatic carbocycles. The number of hydrogen-bond acceptors (Lipinski definition) is 4. The van der Waals surface area contributed by atoms with E-state index in [-0.39, 0.29) is 4.90 Å². The van der Waals surface area contributed by atoms with Gasteiger partial charge in [-0.2, -0.15) is 0 Å². The van der Waals surface area contributed by atoms with Gasteiger partial charge in [0.1, 0.15) is 11.3 Å². The van der Waals surface area contributed by atoms with Gasteiger partial charge in [-0.3, -0.25) is 0 Å². The van der Waals surface area contributed by atoms with E-state index in [1.165, 1.54) is 6.07 Å². The van der Waals surface area contributed by atoms with Crippen molar-refractivity contribution in [2.24, 2.45) is 0 Å². The van der Waals surface area contributed by atoms with Crippen molar-refractivity contribution in [3.05, 3.63) is 23.8 Å². The van der Waals surface area contributed by atoms with Crippen molar-refractivity contribution < 1.29 is 23.4 Å². The highest BCUT2D eigenvalue weighted by Gasteiger charge is 2.36. The standard InChI is InChI=1S/C12H15NO5S/c1-12(5-2-6-12)13-19(17,18)8-3-4-10(14)9(7-8)11(15)16/h3-4,7,13-14H,2,5-6H2,1H3,(H,15,16). The molecule has 0 unspecified atom stereocenters. The molecular formula is C12H15NO5S. The van der Waals surface area contributed by atoms with E-state index in [1.807, 2.05) is 6.92 Å². The summed E-state index contributed by atoms with van der Waals surface area (Å²) in [5.41, 5.74) is -0.887. The number of aromatic carboxylic acids is 1. The van der Waals surface area contributed by atoms with Gasteiger partial charge in [-0.1, -0.05) is 0 Å². The van der Waals surface area contributed by atoms with E-state index in [2.05, 4.69) is 4.72 Å². The molecule has 0 aliphatic heterocycles. The van der Waals surface area contributed by atoms with Crippen LogP contribution in [0.4, 0.5) is 0 Å². The average molecular weight is 285 g/mol. The molecule has 1 aliphatic rings. The highest BCUT2D eigenvalue weighted by atomic mass is 32.2. The first-order chi connectivity index (χ1) is 8.73. The second-order valence-electron chi connectivity index (χ2n) is 5.00. The third-order valence-electron chi connectivity index (χ3n) is 3.35. The monoisotopic (exact) mass is 285 g/mol. The van der Waals surface area contributed by atoms with Crippen LogP contribution in [-0.2, 0) is 10.0 Å². The first-order valence-corrected chi connectivity index (χ1v) is 7.32. The van der Waals surface area contributed by atoms with Gasteiger partial charge in [-0.05, 0) is 44.4 Å². The van der Waals surface area contributed by atoms with Crippen molar-refractivity contribution in [2.75, 3.05) is 0 Å². The van der Waals surface area contributed by atoms with Crippen LogP contribution in [-0.4, -0.2) is 30.1 Å². The van der Waals surface area contributed by atoms with Gasteiger partial charge in [0, 0.05) is 5.54 Å². The van der Waals surface area contributed by atoms with E-state index in [0.29, 0.717) is 0 Å². The highest BCUT2D eigenvalue weighted by Crippen LogP contribution is 2.33. The Labute approximate surface area is 111 Å². The van der Waals surface area contributed by atoms with Crippen molar-refractivity contribution in [3.8, 4) is 5.75 Å². The third kappa shape index (κ3) is 2.71. The van der Waals surface area contributed by atoms with Crippen LogP contribution in [0.3, 0.4) is 0 Å². The Bertz CT molecular complexity index is 619. The quantitative estimate of drug-likeness (QED) is 0.774. The molecule has 0 atom stereocenters. The van der Waals surface area contributed by atoms with Crippen LogP contribution in [0.25, 0.3) is 0 Å². The summed E-state index contributed by atoms with van der Waals surface area (Å²) in [5, 5.41) is 18.2. The second-order valence-corrected chi connectivity index (χ2v) is 6.69. The first kappa shape index (κ1) is 13.8. The lowest BCUT2D eigenvalue weighted by Crippen LogP contribution is -2.50. The maximum Gasteiger partial charge on any atom is 0.339 e. The summed E-state index contributed by atoms with van der Waals surface area (Å²) < 4.78 is 26.9. The molecular weight excluding hydrogens is 270 g/mol. The van der Waals surface area contributed by atoms with Crippen molar-refractivity contribution in [1.29, 1.82) is 0 Å². The van der Waals surface area contributed by atoms with Gasteiger partial charge >= 0.3 is 5.97 Å². The zero-order valence-electron chi connectivity index (χ0n) is 10.4. The second kappa shape index (κ2) is 4.50. The summed E-state index contributed by atoms with van der Waals surface area (Å²) in [6, 6.07) is 3.22. The van der Waals surface area contributed by atoms with Crippen molar-refractivity contribution in [2.45, 2.75) is 36.6 Å². The fraction of sp³-hybridized carbons (Fsp3) is 0.417. The predicted molar refractivity (Wildman–Crippen MR) is 67.6 cm³/mol.